The van der Waals surface area contributed by atoms with E-state index in [9.17, 15) is 4.79 Å². The lowest BCUT2D eigenvalue weighted by Crippen LogP contribution is -1.99. The van der Waals surface area contributed by atoms with Crippen molar-refractivity contribution in [2.24, 2.45) is 0 Å². The summed E-state index contributed by atoms with van der Waals surface area (Å²) in [6, 6.07) is 12.5. The quantitative estimate of drug-likeness (QED) is 0.780. The van der Waals surface area contributed by atoms with E-state index in [1.165, 1.54) is 0 Å². The van der Waals surface area contributed by atoms with Crippen LogP contribution in [-0.2, 0) is 6.61 Å². The number of aromatic nitrogens is 1. The average molecular weight is 266 g/mol. The van der Waals surface area contributed by atoms with E-state index in [1.54, 1.807) is 42.6 Å². The Morgan fingerprint density at radius 2 is 2.05 bits per heavy atom. The number of nitriles is 1. The first-order valence-corrected chi connectivity index (χ1v) is 6.34. The number of benzene rings is 1. The first-order valence-electron chi connectivity index (χ1n) is 6.34. The van der Waals surface area contributed by atoms with Crippen molar-refractivity contribution in [1.82, 2.24) is 4.98 Å². The van der Waals surface area contributed by atoms with Gasteiger partial charge in [-0.2, -0.15) is 5.26 Å². The minimum Gasteiger partial charge on any atom is -0.489 e. The van der Waals surface area contributed by atoms with Crippen molar-refractivity contribution in [3.05, 3.63) is 59.4 Å². The van der Waals surface area contributed by atoms with Crippen LogP contribution in [0.4, 0.5) is 0 Å². The Kier molecular flexibility index (Phi) is 4.46. The van der Waals surface area contributed by atoms with Crippen LogP contribution in [0.15, 0.2) is 42.6 Å². The number of Topliss-reactive ketones (excluding diaryl/α,β-unsaturated/α-hetero) is 1. The number of hydrogen-bond donors (Lipinski definition) is 0. The van der Waals surface area contributed by atoms with Crippen molar-refractivity contribution in [1.29, 1.82) is 5.26 Å². The van der Waals surface area contributed by atoms with E-state index in [0.717, 1.165) is 5.56 Å². The molecule has 0 fully saturated rings. The molecule has 0 saturated heterocycles. The summed E-state index contributed by atoms with van der Waals surface area (Å²) in [5, 5.41) is 8.77. The molecule has 0 N–H and O–H groups in total. The van der Waals surface area contributed by atoms with Gasteiger partial charge in [-0.05, 0) is 42.0 Å². The highest BCUT2D eigenvalue weighted by Crippen LogP contribution is 2.15. The third kappa shape index (κ3) is 3.42. The van der Waals surface area contributed by atoms with E-state index in [4.69, 9.17) is 10.00 Å². The Bertz CT molecular complexity index is 642. The summed E-state index contributed by atoms with van der Waals surface area (Å²) in [7, 11) is 0. The molecule has 1 heterocycles. The van der Waals surface area contributed by atoms with Crippen molar-refractivity contribution < 1.29 is 9.53 Å². The molecule has 4 nitrogen and oxygen atoms in total. The standard InChI is InChI=1S/C16H14N2O2/c1-2-16(19)13-3-5-15(6-4-13)20-11-12-7-8-18-14(9-12)10-17/h3-9H,2,11H2,1H3. The molecule has 0 atom stereocenters. The summed E-state index contributed by atoms with van der Waals surface area (Å²) in [5.74, 6) is 0.803. The summed E-state index contributed by atoms with van der Waals surface area (Å²) >= 11 is 0. The van der Waals surface area contributed by atoms with Gasteiger partial charge in [-0.15, -0.1) is 0 Å². The Hall–Kier alpha value is -2.67. The summed E-state index contributed by atoms with van der Waals surface area (Å²) < 4.78 is 5.61. The minimum absolute atomic E-state index is 0.115. The second kappa shape index (κ2) is 6.48. The van der Waals surface area contributed by atoms with Crippen LogP contribution in [0, 0.1) is 11.3 Å². The zero-order valence-corrected chi connectivity index (χ0v) is 11.2. The highest BCUT2D eigenvalue weighted by Gasteiger charge is 2.03. The number of nitrogens with zero attached hydrogens (tertiary/aromatic N) is 2. The molecule has 0 saturated carbocycles. The lowest BCUT2D eigenvalue weighted by atomic mass is 10.1. The first kappa shape index (κ1) is 13.8. The van der Waals surface area contributed by atoms with Crippen LogP contribution in [0.2, 0.25) is 0 Å². The van der Waals surface area contributed by atoms with E-state index in [0.29, 0.717) is 30.0 Å². The van der Waals surface area contributed by atoms with Gasteiger partial charge in [0, 0.05) is 18.2 Å². The molecule has 0 amide bonds. The van der Waals surface area contributed by atoms with Crippen LogP contribution < -0.4 is 4.74 Å². The van der Waals surface area contributed by atoms with E-state index in [2.05, 4.69) is 4.98 Å². The van der Waals surface area contributed by atoms with Crippen molar-refractivity contribution >= 4 is 5.78 Å². The normalized spacial score (nSPS) is 9.80. The molecular formula is C16H14N2O2. The van der Waals surface area contributed by atoms with Gasteiger partial charge in [0.25, 0.3) is 0 Å². The van der Waals surface area contributed by atoms with Gasteiger partial charge in [-0.25, -0.2) is 4.98 Å². The molecule has 1 aromatic carbocycles. The van der Waals surface area contributed by atoms with E-state index >= 15 is 0 Å². The van der Waals surface area contributed by atoms with Crippen molar-refractivity contribution in [3.8, 4) is 11.8 Å². The number of carbonyl (C=O) groups excluding carboxylic acids is 1. The molecule has 100 valence electrons. The molecule has 2 aromatic rings. The van der Waals surface area contributed by atoms with Gasteiger partial charge in [-0.1, -0.05) is 6.92 Å². The van der Waals surface area contributed by atoms with Crippen LogP contribution in [0.1, 0.15) is 35.0 Å². The van der Waals surface area contributed by atoms with Crippen LogP contribution in [-0.4, -0.2) is 10.8 Å². The molecule has 1 aromatic heterocycles. The SMILES string of the molecule is CCC(=O)c1ccc(OCc2ccnc(C#N)c2)cc1. The molecule has 0 radical (unpaired) electrons. The third-order valence-corrected chi connectivity index (χ3v) is 2.84. The molecule has 0 spiro atoms. The van der Waals surface area contributed by atoms with E-state index in [-0.39, 0.29) is 5.78 Å². The van der Waals surface area contributed by atoms with E-state index < -0.39 is 0 Å². The average Bonchev–Trinajstić information content (AvgIpc) is 2.53. The van der Waals surface area contributed by atoms with Gasteiger partial charge >= 0.3 is 0 Å². The number of hydrogen-bond acceptors (Lipinski definition) is 4. The topological polar surface area (TPSA) is 63.0 Å². The number of rotatable bonds is 5. The number of ether oxygens (including phenoxy) is 1. The second-order valence-electron chi connectivity index (χ2n) is 4.25. The third-order valence-electron chi connectivity index (χ3n) is 2.84. The maximum absolute atomic E-state index is 11.5. The maximum atomic E-state index is 11.5. The van der Waals surface area contributed by atoms with Crippen molar-refractivity contribution in [2.75, 3.05) is 0 Å². The van der Waals surface area contributed by atoms with Crippen molar-refractivity contribution in [3.63, 3.8) is 0 Å². The highest BCUT2D eigenvalue weighted by atomic mass is 16.5. The van der Waals surface area contributed by atoms with Gasteiger partial charge in [0.05, 0.1) is 0 Å². The minimum atomic E-state index is 0.115. The molecule has 0 aliphatic heterocycles. The molecule has 4 heteroatoms. The van der Waals surface area contributed by atoms with Crippen LogP contribution in [0.25, 0.3) is 0 Å². The molecular weight excluding hydrogens is 252 g/mol. The monoisotopic (exact) mass is 266 g/mol. The molecule has 2 rings (SSSR count). The van der Waals surface area contributed by atoms with Crippen LogP contribution >= 0.6 is 0 Å². The van der Waals surface area contributed by atoms with Gasteiger partial charge < -0.3 is 4.74 Å². The van der Waals surface area contributed by atoms with Gasteiger partial charge in [0.15, 0.2) is 5.78 Å². The fourth-order valence-corrected chi connectivity index (χ4v) is 1.73. The predicted octanol–water partition coefficient (Wildman–Crippen LogP) is 3.12. The number of ketones is 1. The zero-order valence-electron chi connectivity index (χ0n) is 11.2. The summed E-state index contributed by atoms with van der Waals surface area (Å²) in [4.78, 5) is 15.4. The highest BCUT2D eigenvalue weighted by molar-refractivity contribution is 5.95. The molecule has 0 unspecified atom stereocenters. The van der Waals surface area contributed by atoms with Crippen LogP contribution in [0.5, 0.6) is 5.75 Å². The summed E-state index contributed by atoms with van der Waals surface area (Å²) in [5.41, 5.74) is 1.94. The number of pyridine rings is 1. The Morgan fingerprint density at radius 1 is 1.30 bits per heavy atom. The fraction of sp³-hybridized carbons (Fsp3) is 0.188. The lowest BCUT2D eigenvalue weighted by Gasteiger charge is -2.07. The lowest BCUT2D eigenvalue weighted by molar-refractivity contribution is 0.0988. The molecule has 0 aliphatic carbocycles. The van der Waals surface area contributed by atoms with E-state index in [1.807, 2.05) is 13.0 Å². The van der Waals surface area contributed by atoms with Crippen molar-refractivity contribution in [2.45, 2.75) is 20.0 Å². The Balaban J connectivity index is 2.00. The fourth-order valence-electron chi connectivity index (χ4n) is 1.73. The van der Waals surface area contributed by atoms with Gasteiger partial charge in [0.1, 0.15) is 24.1 Å². The molecule has 20 heavy (non-hydrogen) atoms. The largest absolute Gasteiger partial charge is 0.489 e. The summed E-state index contributed by atoms with van der Waals surface area (Å²) in [6.45, 7) is 2.20. The second-order valence-corrected chi connectivity index (χ2v) is 4.25. The van der Waals surface area contributed by atoms with Gasteiger partial charge in [-0.3, -0.25) is 4.79 Å². The molecule has 0 bridgehead atoms. The summed E-state index contributed by atoms with van der Waals surface area (Å²) in [6.07, 6.45) is 2.08. The zero-order chi connectivity index (χ0) is 14.4. The smallest absolute Gasteiger partial charge is 0.162 e. The predicted molar refractivity (Wildman–Crippen MR) is 74.3 cm³/mol. The Labute approximate surface area is 117 Å². The maximum Gasteiger partial charge on any atom is 0.162 e. The van der Waals surface area contributed by atoms with Crippen LogP contribution in [0.3, 0.4) is 0 Å². The van der Waals surface area contributed by atoms with Gasteiger partial charge in [0.2, 0.25) is 0 Å². The Morgan fingerprint density at radius 3 is 2.70 bits per heavy atom. The number of carbonyl (C=O) groups is 1. The molecule has 0 aliphatic rings. The first-order chi connectivity index (χ1) is 9.72.